The lowest BCUT2D eigenvalue weighted by Gasteiger charge is -2.19. The zero-order valence-corrected chi connectivity index (χ0v) is 21.7. The van der Waals surface area contributed by atoms with Crippen LogP contribution in [0.4, 0.5) is 5.69 Å². The molecular weight excluding hydrogens is 581 g/mol. The summed E-state index contributed by atoms with van der Waals surface area (Å²) in [5.41, 5.74) is 2.55. The molecule has 0 saturated heterocycles. The number of halogens is 1. The Hall–Kier alpha value is -2.03. The summed E-state index contributed by atoms with van der Waals surface area (Å²) in [7, 11) is -4.32. The highest BCUT2D eigenvalue weighted by molar-refractivity contribution is 14.1. The molecule has 3 aromatic rings. The number of carboxylic acid groups (broad SMARTS) is 1. The first-order chi connectivity index (χ1) is 15.6. The molecule has 1 N–H and O–H groups in total. The zero-order chi connectivity index (χ0) is 23.9. The van der Waals surface area contributed by atoms with Crippen LogP contribution in [0, 0.1) is 10.5 Å². The number of hydrogen-bond donors (Lipinski definition) is 1. The van der Waals surface area contributed by atoms with Crippen molar-refractivity contribution >= 4 is 73.2 Å². The van der Waals surface area contributed by atoms with Crippen LogP contribution in [-0.2, 0) is 28.0 Å². The molecule has 0 aliphatic carbocycles. The van der Waals surface area contributed by atoms with E-state index >= 15 is 0 Å². The zero-order valence-electron chi connectivity index (χ0n) is 17.9. The predicted molar refractivity (Wildman–Crippen MR) is 132 cm³/mol. The maximum absolute atomic E-state index is 11.7. The van der Waals surface area contributed by atoms with Gasteiger partial charge in [0.05, 0.1) is 33.5 Å². The van der Waals surface area contributed by atoms with E-state index in [1.807, 2.05) is 53.7 Å². The number of carbonyl (C=O) groups is 1. The summed E-state index contributed by atoms with van der Waals surface area (Å²) < 4.78 is 43.9. The van der Waals surface area contributed by atoms with Gasteiger partial charge in [-0.25, -0.2) is 22.3 Å². The van der Waals surface area contributed by atoms with Crippen molar-refractivity contribution in [1.29, 1.82) is 0 Å². The second kappa shape index (κ2) is 9.31. The highest BCUT2D eigenvalue weighted by Gasteiger charge is 2.32. The molecule has 3 heterocycles. The summed E-state index contributed by atoms with van der Waals surface area (Å²) in [6, 6.07) is 7.79. The molecule has 1 aliphatic heterocycles. The molecule has 1 aliphatic rings. The molecule has 9 nitrogen and oxygen atoms in total. The minimum atomic E-state index is -4.32. The number of hydrogen-bond acceptors (Lipinski definition) is 7. The number of imidazole rings is 1. The topological polar surface area (TPSA) is 120 Å². The van der Waals surface area contributed by atoms with E-state index in [0.717, 1.165) is 31.1 Å². The number of aryl methyl sites for hydroxylation is 2. The van der Waals surface area contributed by atoms with Gasteiger partial charge in [-0.2, -0.15) is 0 Å². The summed E-state index contributed by atoms with van der Waals surface area (Å²) in [5.74, 6) is 0.0296. The van der Waals surface area contributed by atoms with Crippen LogP contribution >= 0.6 is 34.4 Å². The summed E-state index contributed by atoms with van der Waals surface area (Å²) in [6.45, 7) is 4.57. The van der Waals surface area contributed by atoms with Crippen molar-refractivity contribution in [1.82, 2.24) is 4.57 Å². The van der Waals surface area contributed by atoms with Gasteiger partial charge in [-0.1, -0.05) is 0 Å². The number of furan rings is 1. The van der Waals surface area contributed by atoms with Gasteiger partial charge < -0.3 is 19.0 Å². The lowest BCUT2D eigenvalue weighted by molar-refractivity contribution is -0.670. The van der Waals surface area contributed by atoms with Gasteiger partial charge in [0.25, 0.3) is 5.82 Å². The van der Waals surface area contributed by atoms with Crippen LogP contribution in [0.15, 0.2) is 38.8 Å². The van der Waals surface area contributed by atoms with Crippen LogP contribution in [0.3, 0.4) is 0 Å². The van der Waals surface area contributed by atoms with Crippen LogP contribution in [-0.4, -0.2) is 40.9 Å². The molecule has 33 heavy (non-hydrogen) atoms. The van der Waals surface area contributed by atoms with Crippen LogP contribution in [0.1, 0.15) is 24.9 Å². The Morgan fingerprint density at radius 2 is 2.12 bits per heavy atom. The van der Waals surface area contributed by atoms with Gasteiger partial charge in [0.15, 0.2) is 22.7 Å². The molecule has 4 rings (SSSR count). The van der Waals surface area contributed by atoms with Crippen LogP contribution in [0.5, 0.6) is 0 Å². The summed E-state index contributed by atoms with van der Waals surface area (Å²) in [4.78, 5) is 13.6. The number of nitrogens with zero attached hydrogens (tertiary/aromatic N) is 3. The first-order valence-electron chi connectivity index (χ1n) is 10.2. The van der Waals surface area contributed by atoms with E-state index in [2.05, 4.69) is 22.6 Å². The minimum absolute atomic E-state index is 0.164. The fraction of sp³-hybridized carbons (Fsp3) is 0.333. The largest absolute Gasteiger partial charge is 0.748 e. The number of rotatable bonds is 8. The van der Waals surface area contributed by atoms with Crippen LogP contribution in [0.2, 0.25) is 0 Å². The van der Waals surface area contributed by atoms with Crippen LogP contribution < -0.4 is 9.47 Å². The molecule has 0 fully saturated rings. The van der Waals surface area contributed by atoms with Gasteiger partial charge in [-0.15, -0.1) is 0 Å². The molecule has 0 unspecified atom stereocenters. The normalized spacial score (nSPS) is 15.0. The maximum atomic E-state index is 11.7. The number of fused-ring (bicyclic) bond motifs is 2. The molecule has 2 aromatic heterocycles. The number of benzene rings is 1. The first kappa shape index (κ1) is 24.1. The highest BCUT2D eigenvalue weighted by Crippen LogP contribution is 2.48. The fourth-order valence-electron chi connectivity index (χ4n) is 3.98. The second-order valence-corrected chi connectivity index (χ2v) is 11.4. The molecule has 176 valence electrons. The molecule has 12 heteroatoms. The third-order valence-corrected chi connectivity index (χ3v) is 7.75. The molecule has 0 spiro atoms. The Balaban J connectivity index is 1.82. The lowest BCUT2D eigenvalue weighted by atomic mass is 10.3. The van der Waals surface area contributed by atoms with Gasteiger partial charge >= 0.3 is 5.97 Å². The summed E-state index contributed by atoms with van der Waals surface area (Å²) in [5, 5.41) is 11.0. The first-order valence-corrected chi connectivity index (χ1v) is 13.7. The standard InChI is InChI=1S/C21H22IN3O6S2/c1-3-23-15-6-5-14(22)10-16(15)25(12-20(26)27)18(23)11-19-24(7-4-8-33(28,29)30)17-9-13(2)31-21(17)32-19/h5-6,9-11H,3-4,7-8,12H2,1-2H3,(H-,26,27,28,29,30). The molecule has 0 atom stereocenters. The minimum Gasteiger partial charge on any atom is -0.748 e. The van der Waals surface area contributed by atoms with Gasteiger partial charge in [-0.3, -0.25) is 0 Å². The van der Waals surface area contributed by atoms with Crippen molar-refractivity contribution in [3.05, 3.63) is 44.4 Å². The quantitative estimate of drug-likeness (QED) is 0.237. The van der Waals surface area contributed by atoms with E-state index in [1.54, 1.807) is 4.57 Å². The van der Waals surface area contributed by atoms with E-state index in [9.17, 15) is 22.9 Å². The number of aliphatic carboxylic acids is 1. The van der Waals surface area contributed by atoms with Gasteiger partial charge in [0.1, 0.15) is 5.76 Å². The molecule has 1 aromatic carbocycles. The Bertz CT molecular complexity index is 1380. The third kappa shape index (κ3) is 5.08. The number of aromatic nitrogens is 2. The van der Waals surface area contributed by atoms with Crippen molar-refractivity contribution in [2.75, 3.05) is 17.2 Å². The molecule has 0 bridgehead atoms. The van der Waals surface area contributed by atoms with E-state index < -0.39 is 21.8 Å². The average Bonchev–Trinajstić information content (AvgIpc) is 3.31. The number of carboxylic acids is 1. The Kier molecular flexibility index (Phi) is 6.80. The van der Waals surface area contributed by atoms with Gasteiger partial charge in [-0.05, 0) is 66.8 Å². The van der Waals surface area contributed by atoms with Gasteiger partial charge in [0.2, 0.25) is 0 Å². The van der Waals surface area contributed by atoms with E-state index in [0.29, 0.717) is 24.0 Å². The third-order valence-electron chi connectivity index (χ3n) is 5.27. The van der Waals surface area contributed by atoms with Gasteiger partial charge in [0, 0.05) is 28.0 Å². The van der Waals surface area contributed by atoms with Crippen molar-refractivity contribution < 1.29 is 31.9 Å². The number of thioether (sulfide) groups is 1. The average molecular weight is 603 g/mol. The SMILES string of the molecule is CC[n+]1c(C=C2Sc3oc(C)cc3N2CCCS(=O)(=O)[O-])n(CC(=O)O)c2cc(I)ccc21. The smallest absolute Gasteiger partial charge is 0.346 e. The highest BCUT2D eigenvalue weighted by atomic mass is 127. The van der Waals surface area contributed by atoms with Crippen molar-refractivity contribution in [2.24, 2.45) is 0 Å². The van der Waals surface area contributed by atoms with E-state index in [4.69, 9.17) is 4.42 Å². The fourth-order valence-corrected chi connectivity index (χ4v) is 6.04. The Labute approximate surface area is 208 Å². The van der Waals surface area contributed by atoms with E-state index in [1.165, 1.54) is 11.8 Å². The number of anilines is 1. The summed E-state index contributed by atoms with van der Waals surface area (Å²) >= 11 is 3.60. The Morgan fingerprint density at radius 1 is 1.36 bits per heavy atom. The Morgan fingerprint density at radius 3 is 2.79 bits per heavy atom. The monoisotopic (exact) mass is 603 g/mol. The second-order valence-electron chi connectivity index (χ2n) is 7.60. The van der Waals surface area contributed by atoms with Crippen molar-refractivity contribution in [3.8, 4) is 0 Å². The van der Waals surface area contributed by atoms with Crippen molar-refractivity contribution in [3.63, 3.8) is 0 Å². The molecule has 0 radical (unpaired) electrons. The molecular formula is C21H22IN3O6S2. The molecule has 0 saturated carbocycles. The summed E-state index contributed by atoms with van der Waals surface area (Å²) in [6.07, 6.45) is 2.07. The van der Waals surface area contributed by atoms with Crippen LogP contribution in [0.25, 0.3) is 17.1 Å². The van der Waals surface area contributed by atoms with Crippen molar-refractivity contribution in [2.45, 2.75) is 38.5 Å². The predicted octanol–water partition coefficient (Wildman–Crippen LogP) is 3.39. The lowest BCUT2D eigenvalue weighted by Crippen LogP contribution is -2.36. The van der Waals surface area contributed by atoms with E-state index in [-0.39, 0.29) is 13.0 Å². The molecule has 0 amide bonds. The maximum Gasteiger partial charge on any atom is 0.346 e.